The van der Waals surface area contributed by atoms with Gasteiger partial charge in [-0.3, -0.25) is 4.79 Å². The molecule has 98 valence electrons. The summed E-state index contributed by atoms with van der Waals surface area (Å²) in [7, 11) is 0. The Morgan fingerprint density at radius 2 is 2.11 bits per heavy atom. The van der Waals surface area contributed by atoms with E-state index in [0.29, 0.717) is 19.6 Å². The van der Waals surface area contributed by atoms with E-state index in [1.165, 1.54) is 0 Å². The quantitative estimate of drug-likeness (QED) is 0.861. The third-order valence-corrected chi connectivity index (χ3v) is 2.65. The minimum Gasteiger partial charge on any atom is -0.505 e. The highest BCUT2D eigenvalue weighted by Crippen LogP contribution is 2.41. The minimum absolute atomic E-state index is 0.00931. The second kappa shape index (κ2) is 5.12. The van der Waals surface area contributed by atoms with Crippen LogP contribution in [0.5, 0.6) is 17.2 Å². The number of phenolic OH excluding ortho intramolecular Hbond substituents is 1. The Kier molecular flexibility index (Phi) is 3.55. The number of ether oxygens (including phenoxy) is 2. The van der Waals surface area contributed by atoms with Crippen LogP contribution < -0.4 is 9.47 Å². The Morgan fingerprint density at radius 1 is 1.39 bits per heavy atom. The summed E-state index contributed by atoms with van der Waals surface area (Å²) in [5.41, 5.74) is 0.148. The average molecular weight is 256 g/mol. The highest BCUT2D eigenvalue weighted by atomic mass is 19.1. The first-order chi connectivity index (χ1) is 8.59. The van der Waals surface area contributed by atoms with Gasteiger partial charge in [0.1, 0.15) is 0 Å². The molecule has 6 heteroatoms. The summed E-state index contributed by atoms with van der Waals surface area (Å²) in [6.07, 6.45) is 0.423. The lowest BCUT2D eigenvalue weighted by Gasteiger charge is -2.14. The number of rotatable bonds is 3. The minimum atomic E-state index is -1.03. The zero-order valence-electron chi connectivity index (χ0n) is 9.61. The molecule has 0 amide bonds. The number of phenols is 1. The van der Waals surface area contributed by atoms with E-state index < -0.39 is 17.5 Å². The molecule has 0 atom stereocenters. The topological polar surface area (TPSA) is 76.0 Å². The number of carboxylic acid groups (broad SMARTS) is 1. The normalized spacial score (nSPS) is 14.1. The van der Waals surface area contributed by atoms with E-state index in [-0.39, 0.29) is 29.9 Å². The molecule has 0 unspecified atom stereocenters. The van der Waals surface area contributed by atoms with Crippen molar-refractivity contribution in [1.29, 1.82) is 0 Å². The van der Waals surface area contributed by atoms with E-state index in [1.54, 1.807) is 0 Å². The van der Waals surface area contributed by atoms with Crippen LogP contribution in [0.4, 0.5) is 4.39 Å². The molecule has 0 spiro atoms. The molecule has 1 aromatic carbocycles. The van der Waals surface area contributed by atoms with Crippen LogP contribution in [0.1, 0.15) is 18.4 Å². The molecule has 0 fully saturated rings. The smallest absolute Gasteiger partial charge is 0.303 e. The number of hydrogen-bond donors (Lipinski definition) is 2. The summed E-state index contributed by atoms with van der Waals surface area (Å²) in [4.78, 5) is 10.6. The molecule has 2 N–H and O–H groups in total. The Bertz CT molecular complexity index is 472. The van der Waals surface area contributed by atoms with Crippen molar-refractivity contribution in [1.82, 2.24) is 0 Å². The van der Waals surface area contributed by atoms with Crippen molar-refractivity contribution in [3.63, 3.8) is 0 Å². The fourth-order valence-electron chi connectivity index (χ4n) is 1.79. The summed E-state index contributed by atoms with van der Waals surface area (Å²) in [6, 6.07) is 1.06. The molecule has 0 bridgehead atoms. The fourth-order valence-corrected chi connectivity index (χ4v) is 1.79. The van der Waals surface area contributed by atoms with E-state index >= 15 is 0 Å². The second-order valence-corrected chi connectivity index (χ2v) is 3.96. The van der Waals surface area contributed by atoms with Gasteiger partial charge in [-0.15, -0.1) is 0 Å². The predicted octanol–water partition coefficient (Wildman–Crippen LogP) is 1.71. The summed E-state index contributed by atoms with van der Waals surface area (Å²) in [6.45, 7) is 0.785. The molecule has 1 aromatic rings. The molecular formula is C12H13FO5. The first-order valence-electron chi connectivity index (χ1n) is 5.61. The summed E-state index contributed by atoms with van der Waals surface area (Å²) < 4.78 is 24.2. The van der Waals surface area contributed by atoms with Gasteiger partial charge in [0, 0.05) is 24.5 Å². The van der Waals surface area contributed by atoms with Gasteiger partial charge in [0.05, 0.1) is 13.2 Å². The molecule has 2 rings (SSSR count). The van der Waals surface area contributed by atoms with Crippen LogP contribution in [0.3, 0.4) is 0 Å². The zero-order valence-corrected chi connectivity index (χ0v) is 9.61. The molecule has 1 aliphatic heterocycles. The molecule has 0 aromatic heterocycles. The predicted molar refractivity (Wildman–Crippen MR) is 59.6 cm³/mol. The van der Waals surface area contributed by atoms with Crippen LogP contribution in [-0.2, 0) is 11.2 Å². The third kappa shape index (κ3) is 2.47. The van der Waals surface area contributed by atoms with Crippen molar-refractivity contribution >= 4 is 5.97 Å². The number of hydrogen-bond acceptors (Lipinski definition) is 4. The maximum atomic E-state index is 13.5. The summed E-state index contributed by atoms with van der Waals surface area (Å²) in [5, 5.41) is 18.3. The lowest BCUT2D eigenvalue weighted by atomic mass is 10.1. The van der Waals surface area contributed by atoms with Crippen molar-refractivity contribution in [3.8, 4) is 17.2 Å². The Morgan fingerprint density at radius 3 is 2.83 bits per heavy atom. The highest BCUT2D eigenvalue weighted by molar-refractivity contribution is 5.68. The van der Waals surface area contributed by atoms with Crippen molar-refractivity contribution in [2.45, 2.75) is 19.3 Å². The molecule has 18 heavy (non-hydrogen) atoms. The molecule has 1 heterocycles. The van der Waals surface area contributed by atoms with E-state index in [1.807, 2.05) is 0 Å². The van der Waals surface area contributed by atoms with E-state index in [9.17, 15) is 14.3 Å². The van der Waals surface area contributed by atoms with Crippen molar-refractivity contribution in [3.05, 3.63) is 17.4 Å². The van der Waals surface area contributed by atoms with Crippen LogP contribution >= 0.6 is 0 Å². The fraction of sp³-hybridized carbons (Fsp3) is 0.417. The molecule has 0 aliphatic carbocycles. The number of halogens is 1. The van der Waals surface area contributed by atoms with Gasteiger partial charge in [-0.25, -0.2) is 4.39 Å². The SMILES string of the molecule is O=C(O)CCc1c(O)c(F)cc2c1OCCCO2. The molecule has 0 radical (unpaired) electrons. The maximum absolute atomic E-state index is 13.5. The van der Waals surface area contributed by atoms with Gasteiger partial charge in [-0.1, -0.05) is 0 Å². The molecule has 5 nitrogen and oxygen atoms in total. The highest BCUT2D eigenvalue weighted by Gasteiger charge is 2.22. The van der Waals surface area contributed by atoms with Gasteiger partial charge in [0.25, 0.3) is 0 Å². The Hall–Kier alpha value is -1.98. The van der Waals surface area contributed by atoms with Crippen molar-refractivity contribution in [2.75, 3.05) is 13.2 Å². The van der Waals surface area contributed by atoms with Gasteiger partial charge >= 0.3 is 5.97 Å². The number of fused-ring (bicyclic) bond motifs is 1. The number of benzene rings is 1. The van der Waals surface area contributed by atoms with Crippen LogP contribution in [0.2, 0.25) is 0 Å². The molecule has 0 saturated heterocycles. The lowest BCUT2D eigenvalue weighted by molar-refractivity contribution is -0.136. The first kappa shape index (κ1) is 12.5. The Balaban J connectivity index is 2.40. The van der Waals surface area contributed by atoms with Gasteiger partial charge in [-0.05, 0) is 6.42 Å². The zero-order chi connectivity index (χ0) is 13.1. The number of carbonyl (C=O) groups is 1. The maximum Gasteiger partial charge on any atom is 0.303 e. The largest absolute Gasteiger partial charge is 0.505 e. The monoisotopic (exact) mass is 256 g/mol. The van der Waals surface area contributed by atoms with E-state index in [0.717, 1.165) is 6.07 Å². The third-order valence-electron chi connectivity index (χ3n) is 2.65. The standard InChI is InChI=1S/C12H13FO5/c13-8-6-9-12(18-5-1-4-17-9)7(11(8)16)2-3-10(14)15/h6,16H,1-5H2,(H,14,15). The Labute approximate surface area is 103 Å². The molecule has 1 aliphatic rings. The van der Waals surface area contributed by atoms with E-state index in [4.69, 9.17) is 14.6 Å². The van der Waals surface area contributed by atoms with Gasteiger partial charge in [0.15, 0.2) is 23.1 Å². The van der Waals surface area contributed by atoms with Crippen LogP contribution in [-0.4, -0.2) is 29.4 Å². The number of aromatic hydroxyl groups is 1. The van der Waals surface area contributed by atoms with Crippen LogP contribution in [0.15, 0.2) is 6.07 Å². The van der Waals surface area contributed by atoms with Gasteiger partial charge < -0.3 is 19.7 Å². The van der Waals surface area contributed by atoms with E-state index in [2.05, 4.69) is 0 Å². The number of carboxylic acids is 1. The van der Waals surface area contributed by atoms with Crippen molar-refractivity contribution < 1.29 is 28.9 Å². The first-order valence-corrected chi connectivity index (χ1v) is 5.61. The van der Waals surface area contributed by atoms with Gasteiger partial charge in [-0.2, -0.15) is 0 Å². The van der Waals surface area contributed by atoms with Crippen molar-refractivity contribution in [2.24, 2.45) is 0 Å². The van der Waals surface area contributed by atoms with Crippen LogP contribution in [0.25, 0.3) is 0 Å². The lowest BCUT2D eigenvalue weighted by Crippen LogP contribution is -2.03. The summed E-state index contributed by atoms with van der Waals surface area (Å²) >= 11 is 0. The summed E-state index contributed by atoms with van der Waals surface area (Å²) in [5.74, 6) is -1.97. The molecular weight excluding hydrogens is 243 g/mol. The van der Waals surface area contributed by atoms with Gasteiger partial charge in [0.2, 0.25) is 0 Å². The molecule has 0 saturated carbocycles. The second-order valence-electron chi connectivity index (χ2n) is 3.96. The number of aliphatic carboxylic acids is 1. The average Bonchev–Trinajstić information content (AvgIpc) is 2.54. The van der Waals surface area contributed by atoms with Crippen LogP contribution in [0, 0.1) is 5.82 Å².